The van der Waals surface area contributed by atoms with Crippen LogP contribution in [0.3, 0.4) is 0 Å². The Kier molecular flexibility index (Phi) is 4.82. The number of hydrogen-bond donors (Lipinski definition) is 1. The van der Waals surface area contributed by atoms with Crippen molar-refractivity contribution in [1.29, 1.82) is 0 Å². The molecule has 3 rings (SSSR count). The highest BCUT2D eigenvalue weighted by Crippen LogP contribution is 2.31. The molecule has 1 aromatic carbocycles. The first-order valence-electron chi connectivity index (χ1n) is 8.75. The van der Waals surface area contributed by atoms with Crippen LogP contribution in [-0.4, -0.2) is 30.4 Å². The van der Waals surface area contributed by atoms with E-state index in [0.717, 1.165) is 26.1 Å². The van der Waals surface area contributed by atoms with E-state index in [4.69, 9.17) is 0 Å². The lowest BCUT2D eigenvalue weighted by Crippen LogP contribution is -2.40. The minimum absolute atomic E-state index is 0.220. The highest BCUT2D eigenvalue weighted by molar-refractivity contribution is 5.77. The average Bonchev–Trinajstić information content (AvgIpc) is 2.56. The van der Waals surface area contributed by atoms with Crippen molar-refractivity contribution in [3.05, 3.63) is 35.4 Å². The minimum atomic E-state index is 0.220. The van der Waals surface area contributed by atoms with Crippen LogP contribution >= 0.6 is 0 Å². The van der Waals surface area contributed by atoms with Crippen LogP contribution in [0.5, 0.6) is 0 Å². The fourth-order valence-corrected chi connectivity index (χ4v) is 4.09. The van der Waals surface area contributed by atoms with Gasteiger partial charge in [-0.2, -0.15) is 0 Å². The summed E-state index contributed by atoms with van der Waals surface area (Å²) in [6.45, 7) is 7.52. The molecule has 22 heavy (non-hydrogen) atoms. The van der Waals surface area contributed by atoms with E-state index in [1.807, 2.05) is 0 Å². The Morgan fingerprint density at radius 1 is 1.32 bits per heavy atom. The summed E-state index contributed by atoms with van der Waals surface area (Å²) < 4.78 is 0. The van der Waals surface area contributed by atoms with Crippen LogP contribution in [0.4, 0.5) is 0 Å². The van der Waals surface area contributed by atoms with Gasteiger partial charge in [0.1, 0.15) is 0 Å². The molecule has 0 aromatic heterocycles. The Labute approximate surface area is 134 Å². The van der Waals surface area contributed by atoms with Gasteiger partial charge in [0, 0.05) is 13.0 Å². The van der Waals surface area contributed by atoms with E-state index in [0.29, 0.717) is 24.2 Å². The quantitative estimate of drug-likeness (QED) is 0.930. The number of carbonyl (C=O) groups excluding carboxylic acids is 1. The number of piperidine rings is 1. The molecule has 2 unspecified atom stereocenters. The van der Waals surface area contributed by atoms with E-state index < -0.39 is 0 Å². The molecule has 1 N–H and O–H groups in total. The van der Waals surface area contributed by atoms with E-state index >= 15 is 0 Å². The summed E-state index contributed by atoms with van der Waals surface area (Å²) in [4.78, 5) is 14.9. The van der Waals surface area contributed by atoms with Gasteiger partial charge in [0.05, 0.1) is 6.04 Å². The summed E-state index contributed by atoms with van der Waals surface area (Å²) in [5, 5.41) is 3.41. The van der Waals surface area contributed by atoms with E-state index in [-0.39, 0.29) is 6.04 Å². The van der Waals surface area contributed by atoms with E-state index in [1.54, 1.807) is 0 Å². The molecule has 2 heterocycles. The lowest BCUT2D eigenvalue weighted by atomic mass is 9.83. The predicted octanol–water partition coefficient (Wildman–Crippen LogP) is 3.16. The maximum Gasteiger partial charge on any atom is 0.223 e. The molecule has 1 aromatic rings. The standard InChI is InChI=1S/C19H28N2O/c1-14(16-7-10-20-11-8-16)13-19(22)21-12-9-17-5-3-4-6-18(17)15(21)2/h3-6,14-16,20H,7-13H2,1-2H3. The molecule has 120 valence electrons. The van der Waals surface area contributed by atoms with Gasteiger partial charge in [-0.25, -0.2) is 0 Å². The molecule has 1 amide bonds. The molecule has 0 spiro atoms. The largest absolute Gasteiger partial charge is 0.336 e. The SMILES string of the molecule is CC(CC(=O)N1CCc2ccccc2C1C)C1CCNCC1. The second kappa shape index (κ2) is 6.82. The summed E-state index contributed by atoms with van der Waals surface area (Å²) >= 11 is 0. The second-order valence-electron chi connectivity index (χ2n) is 6.98. The van der Waals surface area contributed by atoms with Gasteiger partial charge in [0.25, 0.3) is 0 Å². The number of hydrogen-bond acceptors (Lipinski definition) is 2. The summed E-state index contributed by atoms with van der Waals surface area (Å²) in [6.07, 6.45) is 4.13. The fourth-order valence-electron chi connectivity index (χ4n) is 4.09. The zero-order chi connectivity index (χ0) is 15.5. The summed E-state index contributed by atoms with van der Waals surface area (Å²) in [5.74, 6) is 1.55. The van der Waals surface area contributed by atoms with Crippen LogP contribution in [-0.2, 0) is 11.2 Å². The maximum absolute atomic E-state index is 12.8. The van der Waals surface area contributed by atoms with Crippen LogP contribution in [0.1, 0.15) is 50.3 Å². The Balaban J connectivity index is 1.63. The van der Waals surface area contributed by atoms with Crippen LogP contribution in [0.25, 0.3) is 0 Å². The molecule has 1 saturated heterocycles. The summed E-state index contributed by atoms with van der Waals surface area (Å²) in [5.41, 5.74) is 2.74. The van der Waals surface area contributed by atoms with Gasteiger partial charge in [-0.1, -0.05) is 31.2 Å². The molecule has 0 bridgehead atoms. The topological polar surface area (TPSA) is 32.3 Å². The Bertz CT molecular complexity index is 522. The minimum Gasteiger partial charge on any atom is -0.336 e. The van der Waals surface area contributed by atoms with Crippen LogP contribution in [0, 0.1) is 11.8 Å². The van der Waals surface area contributed by atoms with Gasteiger partial charge >= 0.3 is 0 Å². The molecule has 0 radical (unpaired) electrons. The van der Waals surface area contributed by atoms with Crippen molar-refractivity contribution in [2.24, 2.45) is 11.8 Å². The van der Waals surface area contributed by atoms with E-state index in [1.165, 1.54) is 24.0 Å². The molecule has 3 heteroatoms. The number of nitrogens with zero attached hydrogens (tertiary/aromatic N) is 1. The number of amides is 1. The first-order valence-corrected chi connectivity index (χ1v) is 8.75. The molecule has 2 aliphatic rings. The first-order chi connectivity index (χ1) is 10.7. The summed E-state index contributed by atoms with van der Waals surface area (Å²) in [7, 11) is 0. The lowest BCUT2D eigenvalue weighted by molar-refractivity contribution is -0.135. The number of carbonyl (C=O) groups is 1. The Morgan fingerprint density at radius 3 is 2.82 bits per heavy atom. The molecule has 2 atom stereocenters. The van der Waals surface area contributed by atoms with Crippen molar-refractivity contribution in [2.45, 2.75) is 45.6 Å². The zero-order valence-electron chi connectivity index (χ0n) is 13.8. The van der Waals surface area contributed by atoms with Crippen LogP contribution in [0.15, 0.2) is 24.3 Å². The number of benzene rings is 1. The first kappa shape index (κ1) is 15.5. The number of fused-ring (bicyclic) bond motifs is 1. The van der Waals surface area contributed by atoms with Crippen molar-refractivity contribution in [3.8, 4) is 0 Å². The highest BCUT2D eigenvalue weighted by atomic mass is 16.2. The lowest BCUT2D eigenvalue weighted by Gasteiger charge is -2.37. The molecule has 0 saturated carbocycles. The van der Waals surface area contributed by atoms with Gasteiger partial charge in [-0.05, 0) is 62.2 Å². The maximum atomic E-state index is 12.8. The molecule has 2 aliphatic heterocycles. The third-order valence-corrected chi connectivity index (χ3v) is 5.60. The zero-order valence-corrected chi connectivity index (χ0v) is 13.8. The predicted molar refractivity (Wildman–Crippen MR) is 89.6 cm³/mol. The Morgan fingerprint density at radius 2 is 2.05 bits per heavy atom. The third kappa shape index (κ3) is 3.19. The van der Waals surface area contributed by atoms with Crippen molar-refractivity contribution in [1.82, 2.24) is 10.2 Å². The van der Waals surface area contributed by atoms with Crippen molar-refractivity contribution >= 4 is 5.91 Å². The van der Waals surface area contributed by atoms with E-state index in [2.05, 4.69) is 48.3 Å². The molecular weight excluding hydrogens is 272 g/mol. The molecule has 3 nitrogen and oxygen atoms in total. The average molecular weight is 300 g/mol. The van der Waals surface area contributed by atoms with E-state index in [9.17, 15) is 4.79 Å². The van der Waals surface area contributed by atoms with Crippen molar-refractivity contribution in [3.63, 3.8) is 0 Å². The second-order valence-corrected chi connectivity index (χ2v) is 6.98. The normalized spacial score (nSPS) is 23.9. The summed E-state index contributed by atoms with van der Waals surface area (Å²) in [6, 6.07) is 8.78. The van der Waals surface area contributed by atoms with Crippen molar-refractivity contribution < 1.29 is 4.79 Å². The third-order valence-electron chi connectivity index (χ3n) is 5.60. The molecule has 0 aliphatic carbocycles. The molecular formula is C19H28N2O. The smallest absolute Gasteiger partial charge is 0.223 e. The Hall–Kier alpha value is -1.35. The number of rotatable bonds is 3. The van der Waals surface area contributed by atoms with Crippen molar-refractivity contribution in [2.75, 3.05) is 19.6 Å². The molecule has 1 fully saturated rings. The van der Waals surface area contributed by atoms with Crippen LogP contribution < -0.4 is 5.32 Å². The van der Waals surface area contributed by atoms with Gasteiger partial charge in [0.2, 0.25) is 5.91 Å². The monoisotopic (exact) mass is 300 g/mol. The number of nitrogens with one attached hydrogen (secondary N) is 1. The van der Waals surface area contributed by atoms with Gasteiger partial charge in [-0.3, -0.25) is 4.79 Å². The van der Waals surface area contributed by atoms with Crippen LogP contribution in [0.2, 0.25) is 0 Å². The van der Waals surface area contributed by atoms with Gasteiger partial charge < -0.3 is 10.2 Å². The highest BCUT2D eigenvalue weighted by Gasteiger charge is 2.29. The van der Waals surface area contributed by atoms with Gasteiger partial charge in [0.15, 0.2) is 0 Å². The van der Waals surface area contributed by atoms with Gasteiger partial charge in [-0.15, -0.1) is 0 Å². The fraction of sp³-hybridized carbons (Fsp3) is 0.632.